The van der Waals surface area contributed by atoms with Crippen LogP contribution in [0, 0.1) is 11.3 Å². The average molecular weight is 349 g/mol. The molecule has 0 bridgehead atoms. The molecule has 25 heavy (non-hydrogen) atoms. The van der Waals surface area contributed by atoms with Crippen molar-refractivity contribution in [2.24, 2.45) is 11.3 Å². The van der Waals surface area contributed by atoms with Crippen molar-refractivity contribution in [1.82, 2.24) is 0 Å². The van der Waals surface area contributed by atoms with Gasteiger partial charge in [-0.2, -0.15) is 0 Å². The quantitative estimate of drug-likeness (QED) is 0.675. The van der Waals surface area contributed by atoms with Crippen molar-refractivity contribution in [3.8, 4) is 11.5 Å². The lowest BCUT2D eigenvalue weighted by Gasteiger charge is -2.54. The topological polar surface area (TPSA) is 35.5 Å². The summed E-state index contributed by atoms with van der Waals surface area (Å²) >= 11 is 0. The summed E-state index contributed by atoms with van der Waals surface area (Å²) in [6, 6.07) is 6.26. The minimum atomic E-state index is -0.0721. The van der Waals surface area contributed by atoms with E-state index in [0.29, 0.717) is 24.5 Å². The fraction of sp³-hybridized carbons (Fsp3) is 0.682. The molecule has 0 radical (unpaired) electrons. The Morgan fingerprint density at radius 3 is 2.20 bits per heavy atom. The number of carbonyl (C=O) groups is 1. The van der Waals surface area contributed by atoms with Crippen LogP contribution < -0.4 is 9.47 Å². The van der Waals surface area contributed by atoms with Crippen molar-refractivity contribution in [2.75, 3.05) is 14.2 Å². The molecule has 1 aromatic rings. The second kappa shape index (κ2) is 8.73. The van der Waals surface area contributed by atoms with Crippen LogP contribution in [0.4, 0.5) is 0 Å². The van der Waals surface area contributed by atoms with E-state index in [2.05, 4.69) is 39.8 Å². The molecule has 0 saturated heterocycles. The third-order valence-electron chi connectivity index (χ3n) is 5.76. The highest BCUT2D eigenvalue weighted by molar-refractivity contribution is 5.81. The number of ether oxygens (including phenoxy) is 2. The molecule has 0 heterocycles. The summed E-state index contributed by atoms with van der Waals surface area (Å²) in [4.78, 5) is 12.2. The number of carbonyl (C=O) groups excluding carboxylic acids is 1. The summed E-state index contributed by atoms with van der Waals surface area (Å²) < 4.78 is 10.9. The van der Waals surface area contributed by atoms with Crippen LogP contribution in [0.5, 0.6) is 11.5 Å². The van der Waals surface area contributed by atoms with Gasteiger partial charge in [0, 0.05) is 18.3 Å². The van der Waals surface area contributed by atoms with E-state index in [1.807, 2.05) is 19.9 Å². The molecule has 2 atom stereocenters. The van der Waals surface area contributed by atoms with Crippen LogP contribution in [0.15, 0.2) is 18.2 Å². The summed E-state index contributed by atoms with van der Waals surface area (Å²) in [5.41, 5.74) is 1.18. The minimum Gasteiger partial charge on any atom is -0.493 e. The van der Waals surface area contributed by atoms with Gasteiger partial charge in [-0.3, -0.25) is 4.79 Å². The number of methoxy groups -OCH3 is 2. The maximum atomic E-state index is 12.2. The lowest BCUT2D eigenvalue weighted by atomic mass is 9.49. The van der Waals surface area contributed by atoms with Crippen LogP contribution in [-0.4, -0.2) is 20.0 Å². The molecule has 2 rings (SSSR count). The van der Waals surface area contributed by atoms with Crippen molar-refractivity contribution in [2.45, 2.75) is 72.6 Å². The predicted molar refractivity (Wildman–Crippen MR) is 105 cm³/mol. The lowest BCUT2D eigenvalue weighted by Crippen LogP contribution is -2.52. The van der Waals surface area contributed by atoms with Crippen LogP contribution in [0.3, 0.4) is 0 Å². The van der Waals surface area contributed by atoms with Crippen molar-refractivity contribution in [3.63, 3.8) is 0 Å². The minimum absolute atomic E-state index is 0.0186. The van der Waals surface area contributed by atoms with Gasteiger partial charge in [-0.1, -0.05) is 54.0 Å². The highest BCUT2D eigenvalue weighted by atomic mass is 16.5. The first-order valence-electron chi connectivity index (χ1n) is 9.56. The van der Waals surface area contributed by atoms with Gasteiger partial charge in [-0.25, -0.2) is 0 Å². The SMILES string of the molecule is CC.CCCC1(c2ccc(OC)c(OC)c2)C(C)CC(=O)CC1(C)C. The largest absolute Gasteiger partial charge is 0.493 e. The Kier molecular flexibility index (Phi) is 7.52. The van der Waals surface area contributed by atoms with Gasteiger partial charge in [0.25, 0.3) is 0 Å². The van der Waals surface area contributed by atoms with Gasteiger partial charge in [0.05, 0.1) is 14.2 Å². The average Bonchev–Trinajstić information content (AvgIpc) is 2.58. The zero-order chi connectivity index (χ0) is 19.3. The summed E-state index contributed by atoms with van der Waals surface area (Å²) in [5.74, 6) is 2.21. The van der Waals surface area contributed by atoms with Crippen LogP contribution >= 0.6 is 0 Å². The molecule has 1 aliphatic rings. The molecule has 1 fully saturated rings. The van der Waals surface area contributed by atoms with Crippen molar-refractivity contribution < 1.29 is 14.3 Å². The van der Waals surface area contributed by atoms with Gasteiger partial charge in [0.15, 0.2) is 11.5 Å². The Hall–Kier alpha value is -1.51. The molecular formula is C22H36O3. The third kappa shape index (κ3) is 3.86. The number of Topliss-reactive ketones (excluding diaryl/α,β-unsaturated/α-hetero) is 1. The first-order valence-corrected chi connectivity index (χ1v) is 9.56. The molecule has 1 aliphatic carbocycles. The zero-order valence-electron chi connectivity index (χ0n) is 17.4. The number of benzene rings is 1. The van der Waals surface area contributed by atoms with Gasteiger partial charge >= 0.3 is 0 Å². The molecule has 0 aromatic heterocycles. The molecule has 2 unspecified atom stereocenters. The van der Waals surface area contributed by atoms with E-state index in [9.17, 15) is 4.79 Å². The molecule has 1 aromatic carbocycles. The maximum Gasteiger partial charge on any atom is 0.161 e. The number of ketones is 1. The monoisotopic (exact) mass is 348 g/mol. The Labute approximate surface area is 154 Å². The van der Waals surface area contributed by atoms with Crippen molar-refractivity contribution in [1.29, 1.82) is 0 Å². The molecule has 3 nitrogen and oxygen atoms in total. The molecule has 0 spiro atoms. The Morgan fingerprint density at radius 1 is 1.12 bits per heavy atom. The predicted octanol–water partition coefficient (Wildman–Crippen LogP) is 5.79. The van der Waals surface area contributed by atoms with E-state index in [-0.39, 0.29) is 10.8 Å². The van der Waals surface area contributed by atoms with E-state index in [1.165, 1.54) is 5.56 Å². The highest BCUT2D eigenvalue weighted by Gasteiger charge is 2.53. The van der Waals surface area contributed by atoms with Gasteiger partial charge in [-0.15, -0.1) is 0 Å². The number of hydrogen-bond acceptors (Lipinski definition) is 3. The van der Waals surface area contributed by atoms with Gasteiger partial charge in [-0.05, 0) is 35.4 Å². The fourth-order valence-corrected chi connectivity index (χ4v) is 4.82. The van der Waals surface area contributed by atoms with Crippen molar-refractivity contribution >= 4 is 5.78 Å². The zero-order valence-corrected chi connectivity index (χ0v) is 17.4. The number of rotatable bonds is 5. The smallest absolute Gasteiger partial charge is 0.161 e. The highest BCUT2D eigenvalue weighted by Crippen LogP contribution is 2.57. The first-order chi connectivity index (χ1) is 11.8. The molecule has 1 saturated carbocycles. The van der Waals surface area contributed by atoms with E-state index in [4.69, 9.17) is 9.47 Å². The van der Waals surface area contributed by atoms with Gasteiger partial charge in [0.1, 0.15) is 5.78 Å². The molecular weight excluding hydrogens is 312 g/mol. The molecule has 0 amide bonds. The molecule has 0 aliphatic heterocycles. The summed E-state index contributed by atoms with van der Waals surface area (Å²) in [6.45, 7) is 12.9. The van der Waals surface area contributed by atoms with Crippen LogP contribution in [0.1, 0.15) is 72.8 Å². The Morgan fingerprint density at radius 2 is 1.72 bits per heavy atom. The second-order valence-electron chi connectivity index (χ2n) is 7.50. The molecule has 3 heteroatoms. The Balaban J connectivity index is 0.00000151. The van der Waals surface area contributed by atoms with E-state index < -0.39 is 0 Å². The summed E-state index contributed by atoms with van der Waals surface area (Å²) in [5, 5.41) is 0. The maximum absolute atomic E-state index is 12.2. The summed E-state index contributed by atoms with van der Waals surface area (Å²) in [6.07, 6.45) is 3.48. The molecule has 0 N–H and O–H groups in total. The van der Waals surface area contributed by atoms with Crippen molar-refractivity contribution in [3.05, 3.63) is 23.8 Å². The van der Waals surface area contributed by atoms with E-state index in [1.54, 1.807) is 14.2 Å². The van der Waals surface area contributed by atoms with Crippen LogP contribution in [-0.2, 0) is 10.2 Å². The number of hydrogen-bond donors (Lipinski definition) is 0. The second-order valence-corrected chi connectivity index (χ2v) is 7.50. The van der Waals surface area contributed by atoms with Gasteiger partial charge < -0.3 is 9.47 Å². The lowest BCUT2D eigenvalue weighted by molar-refractivity contribution is -0.129. The normalized spacial score (nSPS) is 25.0. The van der Waals surface area contributed by atoms with Crippen LogP contribution in [0.2, 0.25) is 0 Å². The van der Waals surface area contributed by atoms with E-state index in [0.717, 1.165) is 24.3 Å². The summed E-state index contributed by atoms with van der Waals surface area (Å²) in [7, 11) is 3.33. The first kappa shape index (κ1) is 21.5. The van der Waals surface area contributed by atoms with Gasteiger partial charge in [0.2, 0.25) is 0 Å². The fourth-order valence-electron chi connectivity index (χ4n) is 4.82. The third-order valence-corrected chi connectivity index (χ3v) is 5.76. The standard InChI is InChI=1S/C20H30O3.C2H6/c1-7-10-20(14(2)11-16(21)13-19(20,3)4)15-8-9-17(22-5)18(12-15)23-6;1-2/h8-9,12,14H,7,10-11,13H2,1-6H3;1-2H3. The molecule has 142 valence electrons. The Bertz CT molecular complexity index is 577. The van der Waals surface area contributed by atoms with Crippen LogP contribution in [0.25, 0.3) is 0 Å². The van der Waals surface area contributed by atoms with E-state index >= 15 is 0 Å².